The molecule has 0 saturated heterocycles. The zero-order chi connectivity index (χ0) is 22.4. The van der Waals surface area contributed by atoms with Gasteiger partial charge in [0.1, 0.15) is 34.7 Å². The van der Waals surface area contributed by atoms with Crippen LogP contribution in [0, 0.1) is 0 Å². The van der Waals surface area contributed by atoms with Crippen molar-refractivity contribution in [2.24, 2.45) is 0 Å². The van der Waals surface area contributed by atoms with Crippen molar-refractivity contribution in [3.05, 3.63) is 103 Å². The average molecular weight is 521 g/mol. The highest BCUT2D eigenvalue weighted by Gasteiger charge is 2.44. The molecule has 0 saturated carbocycles. The molecule has 0 aliphatic carbocycles. The van der Waals surface area contributed by atoms with E-state index >= 15 is 0 Å². The van der Waals surface area contributed by atoms with Gasteiger partial charge >= 0.3 is 0 Å². The summed E-state index contributed by atoms with van der Waals surface area (Å²) in [7, 11) is 1.58. The summed E-state index contributed by atoms with van der Waals surface area (Å²) < 4.78 is 11.0. The molecule has 4 aromatic rings. The van der Waals surface area contributed by atoms with Crippen molar-refractivity contribution in [1.82, 2.24) is 0 Å². The molecule has 0 aliphatic heterocycles. The van der Waals surface area contributed by atoms with Crippen LogP contribution in [-0.4, -0.2) is 20.4 Å². The van der Waals surface area contributed by atoms with Gasteiger partial charge in [-0.25, -0.2) is 0 Å². The maximum atomic E-state index is 5.52. The third kappa shape index (κ3) is 5.16. The molecule has 0 radical (unpaired) electrons. The van der Waals surface area contributed by atoms with Crippen molar-refractivity contribution in [3.8, 4) is 22.6 Å². The predicted molar refractivity (Wildman–Crippen MR) is 139 cm³/mol. The van der Waals surface area contributed by atoms with Gasteiger partial charge in [-0.05, 0) is 66.1 Å². The fraction of sp³-hybridized carbons (Fsp3) is 0.172. The standard InChI is InChI=1S/C29H30O2P.BrH/c1-4-18-32(27-13-7-5-8-14-27,28-15-9-6-10-16-28)29-17-11-12-23(21-29)24-19-25(30-2)22-26(20-24)31-3;/h5-17,19-22H,4,18H2,1-3H3;1H/q+1;/p-1. The Bertz CT molecular complexity index is 1100. The summed E-state index contributed by atoms with van der Waals surface area (Å²) in [6.07, 6.45) is 2.25. The highest BCUT2D eigenvalue weighted by atomic mass is 79.9. The van der Waals surface area contributed by atoms with Crippen LogP contribution in [0.3, 0.4) is 0 Å². The molecular formula is C29H30BrO2P. The zero-order valence-electron chi connectivity index (χ0n) is 19.4. The van der Waals surface area contributed by atoms with Crippen LogP contribution in [0.25, 0.3) is 11.1 Å². The Labute approximate surface area is 208 Å². The summed E-state index contributed by atoms with van der Waals surface area (Å²) >= 11 is 0. The van der Waals surface area contributed by atoms with E-state index in [1.165, 1.54) is 21.5 Å². The molecular weight excluding hydrogens is 491 g/mol. The number of ether oxygens (including phenoxy) is 2. The van der Waals surface area contributed by atoms with Crippen LogP contribution in [0.15, 0.2) is 103 Å². The Morgan fingerprint density at radius 3 is 1.58 bits per heavy atom. The lowest BCUT2D eigenvalue weighted by molar-refractivity contribution is -0.00000699. The maximum Gasteiger partial charge on any atom is 0.123 e. The van der Waals surface area contributed by atoms with Crippen molar-refractivity contribution < 1.29 is 26.5 Å². The monoisotopic (exact) mass is 520 g/mol. The molecule has 4 heteroatoms. The summed E-state index contributed by atoms with van der Waals surface area (Å²) in [5, 5.41) is 4.25. The van der Waals surface area contributed by atoms with E-state index in [1.807, 2.05) is 6.07 Å². The van der Waals surface area contributed by atoms with Crippen LogP contribution < -0.4 is 42.4 Å². The first-order chi connectivity index (χ1) is 15.7. The zero-order valence-corrected chi connectivity index (χ0v) is 21.9. The van der Waals surface area contributed by atoms with E-state index in [1.54, 1.807) is 14.2 Å². The van der Waals surface area contributed by atoms with Crippen molar-refractivity contribution >= 4 is 23.2 Å². The van der Waals surface area contributed by atoms with Crippen LogP contribution in [0.5, 0.6) is 11.5 Å². The molecule has 33 heavy (non-hydrogen) atoms. The molecule has 0 heterocycles. The third-order valence-corrected chi connectivity index (χ3v) is 10.6. The number of benzene rings is 4. The van der Waals surface area contributed by atoms with E-state index in [9.17, 15) is 0 Å². The third-order valence-electron chi connectivity index (χ3n) is 5.92. The van der Waals surface area contributed by atoms with Crippen molar-refractivity contribution in [2.75, 3.05) is 20.4 Å². The van der Waals surface area contributed by atoms with E-state index in [0.717, 1.165) is 29.6 Å². The smallest absolute Gasteiger partial charge is 0.123 e. The van der Waals surface area contributed by atoms with Crippen LogP contribution in [0.4, 0.5) is 0 Å². The second kappa shape index (κ2) is 11.5. The number of halogens is 1. The summed E-state index contributed by atoms with van der Waals surface area (Å²) in [6.45, 7) is 2.29. The van der Waals surface area contributed by atoms with Crippen LogP contribution in [0.1, 0.15) is 13.3 Å². The van der Waals surface area contributed by atoms with Gasteiger partial charge in [-0.1, -0.05) is 55.5 Å². The summed E-state index contributed by atoms with van der Waals surface area (Å²) in [5.41, 5.74) is 2.27. The Morgan fingerprint density at radius 1 is 0.576 bits per heavy atom. The Balaban J connectivity index is 0.00000306. The van der Waals surface area contributed by atoms with Crippen molar-refractivity contribution in [3.63, 3.8) is 0 Å². The van der Waals surface area contributed by atoms with Gasteiger partial charge in [0.15, 0.2) is 0 Å². The topological polar surface area (TPSA) is 18.5 Å². The first kappa shape index (κ1) is 25.0. The number of rotatable bonds is 8. The van der Waals surface area contributed by atoms with Crippen LogP contribution in [-0.2, 0) is 0 Å². The first-order valence-electron chi connectivity index (χ1n) is 11.0. The second-order valence-corrected chi connectivity index (χ2v) is 11.5. The minimum Gasteiger partial charge on any atom is -1.00 e. The van der Waals surface area contributed by atoms with Crippen molar-refractivity contribution in [1.29, 1.82) is 0 Å². The average Bonchev–Trinajstić information content (AvgIpc) is 2.88. The molecule has 0 atom stereocenters. The Morgan fingerprint density at radius 2 is 1.09 bits per heavy atom. The SMILES string of the molecule is CCC[P+](c1ccccc1)(c1ccccc1)c1cccc(-c2cc(OC)cc(OC)c2)c1.[Br-]. The van der Waals surface area contributed by atoms with Crippen molar-refractivity contribution in [2.45, 2.75) is 13.3 Å². The summed E-state index contributed by atoms with van der Waals surface area (Å²) in [6, 6.07) is 37.2. The highest BCUT2D eigenvalue weighted by Crippen LogP contribution is 2.56. The molecule has 4 rings (SSSR count). The van der Waals surface area contributed by atoms with Gasteiger partial charge in [0.2, 0.25) is 0 Å². The van der Waals surface area contributed by atoms with E-state index < -0.39 is 7.26 Å². The number of hydrogen-bond donors (Lipinski definition) is 0. The van der Waals surface area contributed by atoms with Crippen LogP contribution in [0.2, 0.25) is 0 Å². The van der Waals surface area contributed by atoms with E-state index in [0.29, 0.717) is 0 Å². The summed E-state index contributed by atoms with van der Waals surface area (Å²) in [4.78, 5) is 0. The molecule has 0 spiro atoms. The molecule has 0 unspecified atom stereocenters. The van der Waals surface area contributed by atoms with Gasteiger partial charge in [-0.3, -0.25) is 0 Å². The van der Waals surface area contributed by atoms with Gasteiger partial charge in [0.05, 0.1) is 20.4 Å². The fourth-order valence-electron chi connectivity index (χ4n) is 4.43. The normalized spacial score (nSPS) is 10.9. The highest BCUT2D eigenvalue weighted by molar-refractivity contribution is 7.95. The fourth-order valence-corrected chi connectivity index (χ4v) is 8.83. The molecule has 0 fully saturated rings. The van der Waals surface area contributed by atoms with E-state index in [-0.39, 0.29) is 17.0 Å². The molecule has 0 N–H and O–H groups in total. The van der Waals surface area contributed by atoms with E-state index in [4.69, 9.17) is 9.47 Å². The molecule has 0 aromatic heterocycles. The van der Waals surface area contributed by atoms with E-state index in [2.05, 4.69) is 104 Å². The molecule has 0 bridgehead atoms. The maximum absolute atomic E-state index is 5.52. The molecule has 2 nitrogen and oxygen atoms in total. The molecule has 0 aliphatic rings. The lowest BCUT2D eigenvalue weighted by Gasteiger charge is -2.27. The molecule has 4 aromatic carbocycles. The minimum atomic E-state index is -1.80. The first-order valence-corrected chi connectivity index (χ1v) is 13.0. The summed E-state index contributed by atoms with van der Waals surface area (Å²) in [5.74, 6) is 1.59. The lowest BCUT2D eigenvalue weighted by Crippen LogP contribution is -3.00. The van der Waals surface area contributed by atoms with Crippen LogP contribution >= 0.6 is 7.26 Å². The Hall–Kier alpha value is -2.61. The second-order valence-electron chi connectivity index (χ2n) is 7.86. The quantitative estimate of drug-likeness (QED) is 0.332. The van der Waals surface area contributed by atoms with Gasteiger partial charge in [0, 0.05) is 6.07 Å². The largest absolute Gasteiger partial charge is 1.00 e. The van der Waals surface area contributed by atoms with Gasteiger partial charge < -0.3 is 26.5 Å². The number of hydrogen-bond acceptors (Lipinski definition) is 2. The van der Waals surface area contributed by atoms with Gasteiger partial charge in [0.25, 0.3) is 0 Å². The lowest BCUT2D eigenvalue weighted by atomic mass is 10.1. The van der Waals surface area contributed by atoms with Gasteiger partial charge in [-0.2, -0.15) is 0 Å². The minimum absolute atomic E-state index is 0. The predicted octanol–water partition coefficient (Wildman–Crippen LogP) is 3.08. The van der Waals surface area contributed by atoms with Gasteiger partial charge in [-0.15, -0.1) is 0 Å². The molecule has 0 amide bonds. The number of methoxy groups -OCH3 is 2. The Kier molecular flexibility index (Phi) is 8.72. The molecule has 170 valence electrons.